The van der Waals surface area contributed by atoms with E-state index >= 15 is 0 Å². The highest BCUT2D eigenvalue weighted by molar-refractivity contribution is 8.18. The molecule has 0 bridgehead atoms. The van der Waals surface area contributed by atoms with E-state index in [1.807, 2.05) is 30.3 Å². The minimum Gasteiger partial charge on any atom is -0.441 e. The first-order valence-electron chi connectivity index (χ1n) is 8.97. The summed E-state index contributed by atoms with van der Waals surface area (Å²) in [6.45, 7) is 2.04. The molecule has 27 heavy (non-hydrogen) atoms. The van der Waals surface area contributed by atoms with Gasteiger partial charge in [0.25, 0.3) is 5.91 Å². The maximum absolute atomic E-state index is 12.6. The van der Waals surface area contributed by atoms with Crippen LogP contribution in [0.15, 0.2) is 50.7 Å². The van der Waals surface area contributed by atoms with E-state index in [0.717, 1.165) is 19.0 Å². The number of hydrogen-bond acceptors (Lipinski definition) is 5. The smallest absolute Gasteiger partial charge is 0.266 e. The number of anilines is 1. The predicted octanol–water partition coefficient (Wildman–Crippen LogP) is 5.16. The largest absolute Gasteiger partial charge is 0.441 e. The summed E-state index contributed by atoms with van der Waals surface area (Å²) in [5.41, 5.74) is 0.646. The number of amidine groups is 1. The number of para-hydroxylation sites is 1. The van der Waals surface area contributed by atoms with Crippen LogP contribution in [-0.4, -0.2) is 36.1 Å². The van der Waals surface area contributed by atoms with Gasteiger partial charge in [-0.05, 0) is 49.2 Å². The lowest BCUT2D eigenvalue weighted by molar-refractivity contribution is -0.121. The van der Waals surface area contributed by atoms with Crippen LogP contribution in [0.4, 0.5) is 11.6 Å². The summed E-state index contributed by atoms with van der Waals surface area (Å²) in [5, 5.41) is 1.16. The topological polar surface area (TPSA) is 49.1 Å². The summed E-state index contributed by atoms with van der Waals surface area (Å²) in [4.78, 5) is 21.5. The Balaban J connectivity index is 1.55. The highest BCUT2D eigenvalue weighted by atomic mass is 35.5. The molecule has 0 radical (unpaired) electrons. The lowest BCUT2D eigenvalue weighted by Crippen LogP contribution is -2.28. The average Bonchev–Trinajstić information content (AvgIpc) is 3.25. The van der Waals surface area contributed by atoms with Gasteiger partial charge in [-0.1, -0.05) is 23.7 Å². The lowest BCUT2D eigenvalue weighted by Gasteiger charge is -2.25. The number of aliphatic imine (C=N–C) groups is 1. The summed E-state index contributed by atoms with van der Waals surface area (Å²) in [7, 11) is 1.72. The van der Waals surface area contributed by atoms with Gasteiger partial charge in [-0.15, -0.1) is 0 Å². The summed E-state index contributed by atoms with van der Waals surface area (Å²) in [6, 6.07) is 11.2. The second kappa shape index (κ2) is 7.82. The Hall–Kier alpha value is -2.18. The maximum Gasteiger partial charge on any atom is 0.266 e. The third-order valence-corrected chi connectivity index (χ3v) is 6.01. The quantitative estimate of drug-likeness (QED) is 0.667. The number of halogens is 1. The Labute approximate surface area is 167 Å². The number of rotatable bonds is 3. The molecule has 2 saturated heterocycles. The van der Waals surface area contributed by atoms with Crippen molar-refractivity contribution in [1.82, 2.24) is 4.90 Å². The van der Waals surface area contributed by atoms with E-state index in [1.54, 1.807) is 19.2 Å². The first-order chi connectivity index (χ1) is 13.1. The number of amides is 1. The van der Waals surface area contributed by atoms with Gasteiger partial charge >= 0.3 is 0 Å². The van der Waals surface area contributed by atoms with Crippen LogP contribution in [0.25, 0.3) is 6.08 Å². The van der Waals surface area contributed by atoms with Crippen molar-refractivity contribution < 1.29 is 9.21 Å². The van der Waals surface area contributed by atoms with Gasteiger partial charge in [-0.25, -0.2) is 4.99 Å². The number of benzene rings is 1. The Morgan fingerprint density at radius 1 is 1.15 bits per heavy atom. The zero-order valence-electron chi connectivity index (χ0n) is 15.0. The SMILES string of the molecule is CN1C(=O)/C(=C\c2ccc(N3CCCCC3)o2)SC1=Nc1ccccc1Cl. The molecule has 7 heteroatoms. The average molecular weight is 402 g/mol. The fraction of sp³-hybridized carbons (Fsp3) is 0.300. The van der Waals surface area contributed by atoms with E-state index in [2.05, 4.69) is 9.89 Å². The molecule has 140 valence electrons. The predicted molar refractivity (Wildman–Crippen MR) is 112 cm³/mol. The molecular weight excluding hydrogens is 382 g/mol. The molecule has 0 atom stereocenters. The van der Waals surface area contributed by atoms with Crippen LogP contribution in [0.1, 0.15) is 25.0 Å². The molecular formula is C20H20ClN3O2S. The van der Waals surface area contributed by atoms with Crippen LogP contribution in [0.3, 0.4) is 0 Å². The second-order valence-corrected chi connectivity index (χ2v) is 7.96. The summed E-state index contributed by atoms with van der Waals surface area (Å²) in [6.07, 6.45) is 5.45. The highest BCUT2D eigenvalue weighted by Crippen LogP contribution is 2.35. The van der Waals surface area contributed by atoms with Crippen molar-refractivity contribution >= 4 is 52.1 Å². The molecule has 2 aliphatic heterocycles. The zero-order chi connectivity index (χ0) is 18.8. The molecule has 1 aromatic heterocycles. The van der Waals surface area contributed by atoms with Crippen LogP contribution in [0.5, 0.6) is 0 Å². The highest BCUT2D eigenvalue weighted by Gasteiger charge is 2.31. The van der Waals surface area contributed by atoms with Crippen LogP contribution in [0, 0.1) is 0 Å². The first kappa shape index (κ1) is 18.2. The zero-order valence-corrected chi connectivity index (χ0v) is 16.6. The number of nitrogens with zero attached hydrogens (tertiary/aromatic N) is 3. The van der Waals surface area contributed by atoms with Crippen LogP contribution in [0.2, 0.25) is 5.02 Å². The fourth-order valence-electron chi connectivity index (χ4n) is 3.13. The van der Waals surface area contributed by atoms with Crippen molar-refractivity contribution in [3.63, 3.8) is 0 Å². The summed E-state index contributed by atoms with van der Waals surface area (Å²) in [5.74, 6) is 1.45. The van der Waals surface area contributed by atoms with E-state index in [1.165, 1.54) is 35.9 Å². The molecule has 1 amide bonds. The van der Waals surface area contributed by atoms with E-state index in [0.29, 0.717) is 26.5 Å². The number of furan rings is 1. The van der Waals surface area contributed by atoms with Gasteiger partial charge in [-0.2, -0.15) is 0 Å². The third kappa shape index (κ3) is 3.92. The summed E-state index contributed by atoms with van der Waals surface area (Å²) < 4.78 is 5.95. The maximum atomic E-state index is 12.6. The van der Waals surface area contributed by atoms with Crippen molar-refractivity contribution in [2.24, 2.45) is 4.99 Å². The van der Waals surface area contributed by atoms with Gasteiger partial charge in [-0.3, -0.25) is 9.69 Å². The van der Waals surface area contributed by atoms with Gasteiger partial charge in [0.15, 0.2) is 11.1 Å². The molecule has 0 spiro atoms. The first-order valence-corrected chi connectivity index (χ1v) is 10.2. The third-order valence-electron chi connectivity index (χ3n) is 4.63. The van der Waals surface area contributed by atoms with Crippen molar-refractivity contribution in [3.8, 4) is 0 Å². The van der Waals surface area contributed by atoms with Gasteiger partial charge in [0.2, 0.25) is 0 Å². The number of thioether (sulfide) groups is 1. The number of carbonyl (C=O) groups is 1. The van der Waals surface area contributed by atoms with E-state index in [4.69, 9.17) is 16.0 Å². The normalized spacial score (nSPS) is 20.9. The van der Waals surface area contributed by atoms with Gasteiger partial charge in [0, 0.05) is 32.3 Å². The van der Waals surface area contributed by atoms with Gasteiger partial charge in [0.05, 0.1) is 15.6 Å². The Kier molecular flexibility index (Phi) is 5.27. The Morgan fingerprint density at radius 3 is 2.70 bits per heavy atom. The van der Waals surface area contributed by atoms with Crippen molar-refractivity contribution in [3.05, 3.63) is 52.1 Å². The van der Waals surface area contributed by atoms with Crippen LogP contribution in [-0.2, 0) is 4.79 Å². The van der Waals surface area contributed by atoms with Crippen LogP contribution >= 0.6 is 23.4 Å². The number of carbonyl (C=O) groups excluding carboxylic acids is 1. The van der Waals surface area contributed by atoms with E-state index in [-0.39, 0.29) is 5.91 Å². The molecule has 2 aliphatic rings. The molecule has 4 rings (SSSR count). The fourth-order valence-corrected chi connectivity index (χ4v) is 4.27. The number of likely N-dealkylation sites (N-methyl/N-ethyl adjacent to an activating group) is 1. The van der Waals surface area contributed by atoms with Gasteiger partial charge < -0.3 is 9.32 Å². The number of hydrogen-bond donors (Lipinski definition) is 0. The van der Waals surface area contributed by atoms with Crippen molar-refractivity contribution in [2.45, 2.75) is 19.3 Å². The molecule has 0 saturated carbocycles. The molecule has 2 aromatic rings. The standard InChI is InChI=1S/C20H20ClN3O2S/c1-23-19(25)17(27-20(23)22-16-8-4-3-7-15(16)21)13-14-9-10-18(26-14)24-11-5-2-6-12-24/h3-4,7-10,13H,2,5-6,11-12H2,1H3/b17-13+,22-20?. The molecule has 0 N–H and O–H groups in total. The molecule has 5 nitrogen and oxygen atoms in total. The Bertz CT molecular complexity index is 915. The second-order valence-electron chi connectivity index (χ2n) is 6.54. The number of piperidine rings is 1. The molecule has 3 heterocycles. The molecule has 0 aliphatic carbocycles. The molecule has 0 unspecified atom stereocenters. The molecule has 2 fully saturated rings. The van der Waals surface area contributed by atoms with Gasteiger partial charge in [0.1, 0.15) is 5.76 Å². The minimum absolute atomic E-state index is 0.0956. The minimum atomic E-state index is -0.0956. The lowest BCUT2D eigenvalue weighted by atomic mass is 10.1. The summed E-state index contributed by atoms with van der Waals surface area (Å²) >= 11 is 7.50. The molecule has 1 aromatic carbocycles. The van der Waals surface area contributed by atoms with Crippen LogP contribution < -0.4 is 4.90 Å². The van der Waals surface area contributed by atoms with Crippen molar-refractivity contribution in [1.29, 1.82) is 0 Å². The Morgan fingerprint density at radius 2 is 1.93 bits per heavy atom. The van der Waals surface area contributed by atoms with Crippen molar-refractivity contribution in [2.75, 3.05) is 25.0 Å². The monoisotopic (exact) mass is 401 g/mol. The van der Waals surface area contributed by atoms with E-state index in [9.17, 15) is 4.79 Å². The van der Waals surface area contributed by atoms with E-state index < -0.39 is 0 Å².